The van der Waals surface area contributed by atoms with E-state index in [1.165, 1.54) is 11.8 Å². The molecule has 1 N–H and O–H groups in total. The molecule has 2 aromatic carbocycles. The third-order valence-corrected chi connectivity index (χ3v) is 6.96. The fraction of sp³-hybridized carbons (Fsp3) is 0.296. The van der Waals surface area contributed by atoms with E-state index in [1.807, 2.05) is 64.9 Å². The molecule has 3 aliphatic rings. The van der Waals surface area contributed by atoms with Gasteiger partial charge in [-0.05, 0) is 42.9 Å². The van der Waals surface area contributed by atoms with Gasteiger partial charge in [-0.2, -0.15) is 0 Å². The number of methoxy groups -OCH3 is 1. The lowest BCUT2D eigenvalue weighted by Crippen LogP contribution is -2.38. The summed E-state index contributed by atoms with van der Waals surface area (Å²) in [6.07, 6.45) is 2.27. The number of carbonyl (C=O) groups excluding carboxylic acids is 2. The van der Waals surface area contributed by atoms with Gasteiger partial charge in [-0.3, -0.25) is 4.79 Å². The number of hydrogen-bond acceptors (Lipinski definition) is 7. The fourth-order valence-electron chi connectivity index (χ4n) is 4.26. The highest BCUT2D eigenvalue weighted by molar-refractivity contribution is 8.16. The predicted octanol–water partition coefficient (Wildman–Crippen LogP) is 4.64. The summed E-state index contributed by atoms with van der Waals surface area (Å²) in [5.74, 6) is 0.275. The largest absolute Gasteiger partial charge is 0.497 e. The van der Waals surface area contributed by atoms with E-state index in [0.29, 0.717) is 11.3 Å². The van der Waals surface area contributed by atoms with Crippen LogP contribution in [0.4, 0.5) is 0 Å². The fourth-order valence-corrected chi connectivity index (χ4v) is 5.18. The monoisotopic (exact) mass is 489 g/mol. The summed E-state index contributed by atoms with van der Waals surface area (Å²) in [6, 6.07) is 17.1. The molecule has 0 saturated heterocycles. The minimum atomic E-state index is -0.502. The lowest BCUT2D eigenvalue weighted by Gasteiger charge is -2.36. The first kappa shape index (κ1) is 23.2. The van der Waals surface area contributed by atoms with Crippen LogP contribution in [0.25, 0.3) is 5.70 Å². The molecule has 1 saturated carbocycles. The van der Waals surface area contributed by atoms with Gasteiger partial charge in [0.05, 0.1) is 37.4 Å². The molecule has 2 aliphatic heterocycles. The van der Waals surface area contributed by atoms with Crippen LogP contribution in [0.15, 0.2) is 76.3 Å². The molecular formula is C27H27N3O4S. The standard InChI is InChI=1S/C27H27N3O4S/c1-3-34-26(32)23-24(17-7-5-4-6-8-17)29-27-30(25(23)18-9-13-21(33-2)14-10-18)20(16-35-27)15-22(31)28-19-11-12-19/h4-10,13-14,16,19,25H,3,11-12,15H2,1-2H3,(H,28,31)/t25-/m0/s1. The number of thioether (sulfide) groups is 1. The topological polar surface area (TPSA) is 80.2 Å². The maximum absolute atomic E-state index is 13.5. The number of benzene rings is 2. The van der Waals surface area contributed by atoms with Crippen LogP contribution >= 0.6 is 11.8 Å². The van der Waals surface area contributed by atoms with Gasteiger partial charge in [0.15, 0.2) is 5.17 Å². The molecule has 8 heteroatoms. The first-order chi connectivity index (χ1) is 17.1. The molecule has 0 bridgehead atoms. The van der Waals surface area contributed by atoms with Gasteiger partial charge in [-0.25, -0.2) is 9.79 Å². The molecule has 35 heavy (non-hydrogen) atoms. The molecule has 1 fully saturated rings. The molecule has 1 atom stereocenters. The van der Waals surface area contributed by atoms with Crippen molar-refractivity contribution < 1.29 is 19.1 Å². The average Bonchev–Trinajstić information content (AvgIpc) is 3.61. The number of ether oxygens (including phenoxy) is 2. The maximum atomic E-state index is 13.5. The molecule has 0 radical (unpaired) electrons. The number of rotatable bonds is 8. The second kappa shape index (κ2) is 10.00. The number of fused-ring (bicyclic) bond motifs is 1. The Labute approximate surface area is 208 Å². The van der Waals surface area contributed by atoms with Crippen LogP contribution in [0.5, 0.6) is 5.75 Å². The van der Waals surface area contributed by atoms with E-state index < -0.39 is 12.0 Å². The number of hydrogen-bond donors (Lipinski definition) is 1. The van der Waals surface area contributed by atoms with Gasteiger partial charge in [0.2, 0.25) is 5.91 Å². The van der Waals surface area contributed by atoms with Crippen LogP contribution in [0.2, 0.25) is 0 Å². The summed E-state index contributed by atoms with van der Waals surface area (Å²) in [7, 11) is 1.62. The zero-order valence-corrected chi connectivity index (χ0v) is 20.5. The number of esters is 1. The summed E-state index contributed by atoms with van der Waals surface area (Å²) in [5, 5.41) is 5.74. The van der Waals surface area contributed by atoms with Crippen LogP contribution in [-0.2, 0) is 14.3 Å². The Kier molecular flexibility index (Phi) is 6.63. The van der Waals surface area contributed by atoms with Crippen LogP contribution in [0, 0.1) is 0 Å². The van der Waals surface area contributed by atoms with E-state index in [-0.39, 0.29) is 25.0 Å². The molecule has 0 aromatic heterocycles. The SMILES string of the molecule is CCOC(=O)C1=C(c2ccccc2)N=C2SC=C(CC(=O)NC3CC3)N2[C@H]1c1ccc(OC)cc1. The van der Waals surface area contributed by atoms with Gasteiger partial charge >= 0.3 is 5.97 Å². The third kappa shape index (κ3) is 4.84. The number of amides is 1. The van der Waals surface area contributed by atoms with Crippen LogP contribution < -0.4 is 10.1 Å². The summed E-state index contributed by atoms with van der Waals surface area (Å²) in [6.45, 7) is 2.04. The second-order valence-corrected chi connectivity index (χ2v) is 9.37. The Balaban J connectivity index is 1.62. The minimum Gasteiger partial charge on any atom is -0.497 e. The first-order valence-electron chi connectivity index (χ1n) is 11.7. The van der Waals surface area contributed by atoms with Crippen molar-refractivity contribution in [2.24, 2.45) is 4.99 Å². The predicted molar refractivity (Wildman–Crippen MR) is 136 cm³/mol. The van der Waals surface area contributed by atoms with Gasteiger partial charge in [0.1, 0.15) is 5.75 Å². The molecular weight excluding hydrogens is 462 g/mol. The van der Waals surface area contributed by atoms with Crippen LogP contribution in [-0.4, -0.2) is 41.7 Å². The lowest BCUT2D eigenvalue weighted by atomic mass is 9.91. The summed E-state index contributed by atoms with van der Waals surface area (Å²) >= 11 is 1.47. The summed E-state index contributed by atoms with van der Waals surface area (Å²) < 4.78 is 10.9. The minimum absolute atomic E-state index is 0.0235. The van der Waals surface area contributed by atoms with Crippen molar-refractivity contribution in [2.75, 3.05) is 13.7 Å². The highest BCUT2D eigenvalue weighted by Gasteiger charge is 2.42. The molecule has 180 valence electrons. The van der Waals surface area contributed by atoms with Crippen molar-refractivity contribution in [1.82, 2.24) is 10.2 Å². The smallest absolute Gasteiger partial charge is 0.338 e. The van der Waals surface area contributed by atoms with Crippen molar-refractivity contribution in [1.29, 1.82) is 0 Å². The molecule has 2 aromatic rings. The van der Waals surface area contributed by atoms with Crippen LogP contribution in [0.1, 0.15) is 43.4 Å². The molecule has 7 nitrogen and oxygen atoms in total. The van der Waals surface area contributed by atoms with E-state index in [0.717, 1.165) is 40.6 Å². The van der Waals surface area contributed by atoms with Gasteiger partial charge in [0, 0.05) is 17.3 Å². The number of aliphatic imine (C=N–C) groups is 1. The van der Waals surface area contributed by atoms with Gasteiger partial charge in [-0.15, -0.1) is 0 Å². The third-order valence-electron chi connectivity index (χ3n) is 6.07. The van der Waals surface area contributed by atoms with E-state index in [9.17, 15) is 9.59 Å². The highest BCUT2D eigenvalue weighted by atomic mass is 32.2. The Hall–Kier alpha value is -3.52. The molecule has 1 aliphatic carbocycles. The molecule has 5 rings (SSSR count). The van der Waals surface area contributed by atoms with Crippen molar-refractivity contribution in [2.45, 2.75) is 38.3 Å². The second-order valence-electron chi connectivity index (χ2n) is 8.53. The first-order valence-corrected chi connectivity index (χ1v) is 12.6. The van der Waals surface area contributed by atoms with E-state index in [4.69, 9.17) is 14.5 Å². The Morgan fingerprint density at radius 1 is 1.11 bits per heavy atom. The Morgan fingerprint density at radius 3 is 2.51 bits per heavy atom. The number of nitrogens with zero attached hydrogens (tertiary/aromatic N) is 2. The van der Waals surface area contributed by atoms with Gasteiger partial charge in [-0.1, -0.05) is 54.2 Å². The maximum Gasteiger partial charge on any atom is 0.338 e. The van der Waals surface area contributed by atoms with Gasteiger partial charge < -0.3 is 19.7 Å². The Morgan fingerprint density at radius 2 is 1.86 bits per heavy atom. The zero-order valence-electron chi connectivity index (χ0n) is 19.7. The highest BCUT2D eigenvalue weighted by Crippen LogP contribution is 2.47. The van der Waals surface area contributed by atoms with Crippen molar-refractivity contribution in [3.63, 3.8) is 0 Å². The molecule has 0 spiro atoms. The van der Waals surface area contributed by atoms with Crippen LogP contribution in [0.3, 0.4) is 0 Å². The molecule has 0 unspecified atom stereocenters. The van der Waals surface area contributed by atoms with Crippen molar-refractivity contribution >= 4 is 34.5 Å². The number of amidine groups is 1. The molecule has 1 amide bonds. The molecule has 2 heterocycles. The van der Waals surface area contributed by atoms with Gasteiger partial charge in [0.25, 0.3) is 0 Å². The van der Waals surface area contributed by atoms with E-state index in [1.54, 1.807) is 14.0 Å². The number of nitrogens with one attached hydrogen (secondary N) is 1. The van der Waals surface area contributed by atoms with Crippen molar-refractivity contribution in [3.05, 3.63) is 82.4 Å². The summed E-state index contributed by atoms with van der Waals surface area (Å²) in [4.78, 5) is 33.1. The zero-order chi connectivity index (χ0) is 24.4. The van der Waals surface area contributed by atoms with E-state index >= 15 is 0 Å². The summed E-state index contributed by atoms with van der Waals surface area (Å²) in [5.41, 5.74) is 3.55. The normalized spacial score (nSPS) is 19.0. The Bertz CT molecular complexity index is 1220. The lowest BCUT2D eigenvalue weighted by molar-refractivity contribution is -0.139. The number of carbonyl (C=O) groups is 2. The average molecular weight is 490 g/mol. The van der Waals surface area contributed by atoms with E-state index in [2.05, 4.69) is 5.32 Å². The quantitative estimate of drug-likeness (QED) is 0.544. The van der Waals surface area contributed by atoms with Crippen molar-refractivity contribution in [3.8, 4) is 5.75 Å².